The van der Waals surface area contributed by atoms with Gasteiger partial charge in [-0.1, -0.05) is 20.3 Å². The number of hydrogen-bond acceptors (Lipinski definition) is 3. The van der Waals surface area contributed by atoms with Gasteiger partial charge in [-0.2, -0.15) is 0 Å². The van der Waals surface area contributed by atoms with E-state index in [1.54, 1.807) is 13.8 Å². The molecule has 0 fully saturated rings. The summed E-state index contributed by atoms with van der Waals surface area (Å²) in [5, 5.41) is 8.84. The lowest BCUT2D eigenvalue weighted by Crippen LogP contribution is -2.30. The number of carboxylic acids is 1. The maximum Gasteiger partial charge on any atom is 0.309 e. The van der Waals surface area contributed by atoms with E-state index in [0.29, 0.717) is 0 Å². The first kappa shape index (κ1) is 22.7. The van der Waals surface area contributed by atoms with Crippen LogP contribution in [0.25, 0.3) is 0 Å². The molecule has 128 valence electrons. The van der Waals surface area contributed by atoms with Gasteiger partial charge in [0, 0.05) is 0 Å². The SMILES string of the molecule is CC(C)(C)OOC(C)(C)C.CCCC(C)C(C)(C)C(=O)O. The van der Waals surface area contributed by atoms with Gasteiger partial charge in [-0.3, -0.25) is 4.79 Å². The molecule has 0 saturated carbocycles. The van der Waals surface area contributed by atoms with Crippen LogP contribution in [0.1, 0.15) is 82.1 Å². The molecule has 0 rings (SSSR count). The average Bonchev–Trinajstić information content (AvgIpc) is 2.25. The highest BCUT2D eigenvalue weighted by Crippen LogP contribution is 2.29. The van der Waals surface area contributed by atoms with Crippen molar-refractivity contribution in [2.24, 2.45) is 11.3 Å². The summed E-state index contributed by atoms with van der Waals surface area (Å²) in [6.45, 7) is 19.4. The van der Waals surface area contributed by atoms with Crippen LogP contribution in [-0.4, -0.2) is 22.3 Å². The minimum Gasteiger partial charge on any atom is -0.481 e. The number of hydrogen-bond donors (Lipinski definition) is 1. The predicted octanol–water partition coefficient (Wildman–Crippen LogP) is 5.07. The number of rotatable bonds is 5. The predicted molar refractivity (Wildman–Crippen MR) is 87.2 cm³/mol. The van der Waals surface area contributed by atoms with E-state index in [0.717, 1.165) is 12.8 Å². The fourth-order valence-corrected chi connectivity index (χ4v) is 1.25. The van der Waals surface area contributed by atoms with E-state index >= 15 is 0 Å². The molecule has 0 aliphatic rings. The van der Waals surface area contributed by atoms with Gasteiger partial charge in [0.15, 0.2) is 0 Å². The molecular weight excluding hydrogens is 268 g/mol. The first-order valence-corrected chi connectivity index (χ1v) is 7.73. The third-order valence-electron chi connectivity index (χ3n) is 3.05. The quantitative estimate of drug-likeness (QED) is 0.569. The fourth-order valence-electron chi connectivity index (χ4n) is 1.25. The molecule has 0 radical (unpaired) electrons. The van der Waals surface area contributed by atoms with E-state index in [2.05, 4.69) is 6.92 Å². The second kappa shape index (κ2) is 8.74. The second-order valence-corrected chi connectivity index (χ2v) is 8.11. The van der Waals surface area contributed by atoms with Crippen LogP contribution in [0, 0.1) is 11.3 Å². The summed E-state index contributed by atoms with van der Waals surface area (Å²) < 4.78 is 0. The van der Waals surface area contributed by atoms with Gasteiger partial charge in [0.2, 0.25) is 0 Å². The van der Waals surface area contributed by atoms with Crippen molar-refractivity contribution in [3.63, 3.8) is 0 Å². The lowest BCUT2D eigenvalue weighted by atomic mass is 9.78. The summed E-state index contributed by atoms with van der Waals surface area (Å²) in [5.41, 5.74) is -1.00. The molecule has 0 spiro atoms. The van der Waals surface area contributed by atoms with E-state index in [1.807, 2.05) is 48.5 Å². The van der Waals surface area contributed by atoms with Crippen LogP contribution in [0.5, 0.6) is 0 Å². The molecule has 4 heteroatoms. The summed E-state index contributed by atoms with van der Waals surface area (Å²) in [5.74, 6) is -0.441. The van der Waals surface area contributed by atoms with Crippen molar-refractivity contribution in [2.45, 2.75) is 93.3 Å². The molecule has 0 bridgehead atoms. The van der Waals surface area contributed by atoms with Crippen LogP contribution in [-0.2, 0) is 14.6 Å². The molecule has 0 aromatic carbocycles. The zero-order valence-electron chi connectivity index (χ0n) is 15.7. The smallest absolute Gasteiger partial charge is 0.309 e. The Morgan fingerprint density at radius 2 is 1.29 bits per heavy atom. The van der Waals surface area contributed by atoms with Crippen LogP contribution in [0.15, 0.2) is 0 Å². The van der Waals surface area contributed by atoms with Gasteiger partial charge in [-0.25, -0.2) is 9.78 Å². The van der Waals surface area contributed by atoms with Crippen molar-refractivity contribution in [2.75, 3.05) is 0 Å². The van der Waals surface area contributed by atoms with Gasteiger partial charge in [0.05, 0.1) is 16.6 Å². The third kappa shape index (κ3) is 12.8. The standard InChI is InChI=1S/C9H18O2.C8H18O2/c1-5-6-7(2)9(3,4)8(10)11;1-7(2,3)9-10-8(4,5)6/h7H,5-6H2,1-4H3,(H,10,11);1-6H3. The third-order valence-corrected chi connectivity index (χ3v) is 3.05. The summed E-state index contributed by atoms with van der Waals surface area (Å²) >= 11 is 0. The molecule has 21 heavy (non-hydrogen) atoms. The molecule has 1 N–H and O–H groups in total. The van der Waals surface area contributed by atoms with Gasteiger partial charge in [-0.15, -0.1) is 0 Å². The van der Waals surface area contributed by atoms with Crippen molar-refractivity contribution < 1.29 is 19.7 Å². The van der Waals surface area contributed by atoms with E-state index in [9.17, 15) is 4.79 Å². The minimum absolute atomic E-state index is 0.215. The second-order valence-electron chi connectivity index (χ2n) is 8.11. The van der Waals surface area contributed by atoms with E-state index in [-0.39, 0.29) is 17.1 Å². The van der Waals surface area contributed by atoms with E-state index < -0.39 is 11.4 Å². The van der Waals surface area contributed by atoms with Gasteiger partial charge >= 0.3 is 5.97 Å². The summed E-state index contributed by atoms with van der Waals surface area (Å²) in [6, 6.07) is 0. The normalized spacial score (nSPS) is 14.2. The van der Waals surface area contributed by atoms with E-state index in [4.69, 9.17) is 14.9 Å². The summed E-state index contributed by atoms with van der Waals surface area (Å²) in [7, 11) is 0. The number of aliphatic carboxylic acids is 1. The number of carboxylic acid groups (broad SMARTS) is 1. The molecule has 0 aromatic rings. The molecule has 0 aliphatic carbocycles. The van der Waals surface area contributed by atoms with Crippen molar-refractivity contribution >= 4 is 5.97 Å². The lowest BCUT2D eigenvalue weighted by Gasteiger charge is -2.26. The van der Waals surface area contributed by atoms with Crippen LogP contribution in [0.4, 0.5) is 0 Å². The van der Waals surface area contributed by atoms with Gasteiger partial charge in [0.1, 0.15) is 0 Å². The molecule has 0 heterocycles. The molecular formula is C17H36O4. The van der Waals surface area contributed by atoms with Crippen molar-refractivity contribution in [3.8, 4) is 0 Å². The first-order chi connectivity index (χ1) is 9.13. The molecule has 1 unspecified atom stereocenters. The highest BCUT2D eigenvalue weighted by molar-refractivity contribution is 5.73. The fraction of sp³-hybridized carbons (Fsp3) is 0.941. The van der Waals surface area contributed by atoms with Gasteiger partial charge in [0.25, 0.3) is 0 Å². The Bertz CT molecular complexity index is 281. The van der Waals surface area contributed by atoms with Gasteiger partial charge < -0.3 is 5.11 Å². The van der Waals surface area contributed by atoms with Crippen molar-refractivity contribution in [1.29, 1.82) is 0 Å². The Morgan fingerprint density at radius 3 is 1.48 bits per heavy atom. The summed E-state index contributed by atoms with van der Waals surface area (Å²) in [4.78, 5) is 20.9. The van der Waals surface area contributed by atoms with Crippen LogP contribution in [0.3, 0.4) is 0 Å². The average molecular weight is 304 g/mol. The molecule has 0 amide bonds. The molecule has 0 aromatic heterocycles. The molecule has 4 nitrogen and oxygen atoms in total. The largest absolute Gasteiger partial charge is 0.481 e. The highest BCUT2D eigenvalue weighted by atomic mass is 17.2. The van der Waals surface area contributed by atoms with Crippen molar-refractivity contribution in [1.82, 2.24) is 0 Å². The van der Waals surface area contributed by atoms with Crippen LogP contribution >= 0.6 is 0 Å². The Balaban J connectivity index is 0. The van der Waals surface area contributed by atoms with Crippen LogP contribution in [0.2, 0.25) is 0 Å². The number of carbonyl (C=O) groups is 1. The van der Waals surface area contributed by atoms with Crippen molar-refractivity contribution in [3.05, 3.63) is 0 Å². The zero-order chi connectivity index (χ0) is 17.5. The highest BCUT2D eigenvalue weighted by Gasteiger charge is 2.32. The lowest BCUT2D eigenvalue weighted by molar-refractivity contribution is -0.393. The van der Waals surface area contributed by atoms with E-state index in [1.165, 1.54) is 0 Å². The molecule has 0 saturated heterocycles. The minimum atomic E-state index is -0.696. The maximum absolute atomic E-state index is 10.7. The Labute approximate surface area is 131 Å². The monoisotopic (exact) mass is 304 g/mol. The van der Waals surface area contributed by atoms with Gasteiger partial charge in [-0.05, 0) is 67.7 Å². The topological polar surface area (TPSA) is 55.8 Å². The zero-order valence-corrected chi connectivity index (χ0v) is 15.7. The Hall–Kier alpha value is -0.610. The summed E-state index contributed by atoms with van der Waals surface area (Å²) in [6.07, 6.45) is 2.04. The Kier molecular flexibility index (Phi) is 9.44. The molecule has 0 aliphatic heterocycles. The Morgan fingerprint density at radius 1 is 0.952 bits per heavy atom. The maximum atomic E-state index is 10.7. The molecule has 1 atom stereocenters. The van der Waals surface area contributed by atoms with Crippen LogP contribution < -0.4 is 0 Å². The first-order valence-electron chi connectivity index (χ1n) is 7.73.